The van der Waals surface area contributed by atoms with Gasteiger partial charge < -0.3 is 10.1 Å². The average Bonchev–Trinajstić information content (AvgIpc) is 3.29. The molecule has 1 amide bonds. The third kappa shape index (κ3) is 3.36. The topological polar surface area (TPSA) is 88.6 Å². The summed E-state index contributed by atoms with van der Waals surface area (Å²) < 4.78 is 32.7. The maximum Gasteiger partial charge on any atom is 0.253 e. The molecule has 1 saturated carbocycles. The molecule has 1 aromatic heterocycles. The largest absolute Gasteiger partial charge is 0.495 e. The number of carbonyl (C=O) groups excluding carboxylic acids is 1. The molecule has 1 saturated heterocycles. The number of fused-ring (bicyclic) bond motifs is 2. The average molecular weight is 422 g/mol. The molecule has 2 fully saturated rings. The van der Waals surface area contributed by atoms with Crippen molar-refractivity contribution >= 4 is 27.5 Å². The minimum absolute atomic E-state index is 0.0383. The standard InChI is InChI=1S/C19H20ClN3O4S/c1-27-18-5-4-15(9-16(18)20)28(25,26)23-11-13-7-14(23)8-17(13)22-19(24)12-3-2-6-21-10-12/h2-6,9-10,13-14,17H,7-8,11H2,1H3,(H,22,24)/t13-,14-,17-/m0/s1. The first-order valence-corrected chi connectivity index (χ1v) is 10.8. The van der Waals surface area contributed by atoms with Gasteiger partial charge in [-0.15, -0.1) is 0 Å². The van der Waals surface area contributed by atoms with Crippen molar-refractivity contribution in [3.05, 3.63) is 53.3 Å². The van der Waals surface area contributed by atoms with Crippen LogP contribution >= 0.6 is 11.6 Å². The number of piperidine rings is 1. The number of pyridine rings is 1. The van der Waals surface area contributed by atoms with Crippen LogP contribution in [0.4, 0.5) is 0 Å². The number of nitrogens with one attached hydrogen (secondary N) is 1. The number of ether oxygens (including phenoxy) is 1. The third-order valence-corrected chi connectivity index (χ3v) is 7.67. The van der Waals surface area contributed by atoms with Crippen LogP contribution < -0.4 is 10.1 Å². The fourth-order valence-corrected chi connectivity index (χ4v) is 6.13. The van der Waals surface area contributed by atoms with E-state index >= 15 is 0 Å². The van der Waals surface area contributed by atoms with Crippen LogP contribution in [0.5, 0.6) is 5.75 Å². The Morgan fingerprint density at radius 2 is 2.14 bits per heavy atom. The molecule has 0 unspecified atom stereocenters. The van der Waals surface area contributed by atoms with Gasteiger partial charge in [-0.1, -0.05) is 11.6 Å². The molecule has 2 bridgehead atoms. The molecule has 0 radical (unpaired) electrons. The Hall–Kier alpha value is -2.16. The Bertz CT molecular complexity index is 999. The van der Waals surface area contributed by atoms with Crippen LogP contribution in [0.25, 0.3) is 0 Å². The first kappa shape index (κ1) is 19.2. The highest BCUT2D eigenvalue weighted by atomic mass is 35.5. The van der Waals surface area contributed by atoms with Crippen molar-refractivity contribution in [2.24, 2.45) is 5.92 Å². The number of aromatic nitrogens is 1. The first-order valence-electron chi connectivity index (χ1n) is 8.96. The number of nitrogens with zero attached hydrogens (tertiary/aromatic N) is 2. The predicted octanol–water partition coefficient (Wildman–Crippen LogP) is 2.33. The normalized spacial score (nSPS) is 24.3. The lowest BCUT2D eigenvalue weighted by molar-refractivity contribution is 0.0919. The highest BCUT2D eigenvalue weighted by Crippen LogP contribution is 2.41. The molecule has 7 nitrogen and oxygen atoms in total. The molecule has 1 aliphatic carbocycles. The maximum atomic E-state index is 13.1. The predicted molar refractivity (Wildman–Crippen MR) is 104 cm³/mol. The zero-order valence-electron chi connectivity index (χ0n) is 15.2. The van der Waals surface area contributed by atoms with Crippen LogP contribution in [0.2, 0.25) is 5.02 Å². The monoisotopic (exact) mass is 421 g/mol. The minimum atomic E-state index is -3.65. The fourth-order valence-electron chi connectivity index (χ4n) is 4.08. The fraction of sp³-hybridized carbons (Fsp3) is 0.368. The van der Waals surface area contributed by atoms with E-state index in [0.717, 1.165) is 6.42 Å². The molecule has 2 heterocycles. The molecule has 148 valence electrons. The number of hydrogen-bond acceptors (Lipinski definition) is 5. The third-order valence-electron chi connectivity index (χ3n) is 5.46. The molecular weight excluding hydrogens is 402 g/mol. The van der Waals surface area contributed by atoms with Crippen LogP contribution in [-0.2, 0) is 10.0 Å². The van der Waals surface area contributed by atoms with Crippen LogP contribution in [0.3, 0.4) is 0 Å². The van der Waals surface area contributed by atoms with Gasteiger partial charge in [0.05, 0.1) is 22.6 Å². The SMILES string of the molecule is COc1ccc(S(=O)(=O)N2C[C@@H]3C[C@H]2C[C@@H]3NC(=O)c2cccnc2)cc1Cl. The minimum Gasteiger partial charge on any atom is -0.495 e. The number of hydrogen-bond donors (Lipinski definition) is 1. The summed E-state index contributed by atoms with van der Waals surface area (Å²) in [5.74, 6) is 0.345. The summed E-state index contributed by atoms with van der Waals surface area (Å²) in [6.45, 7) is 0.384. The van der Waals surface area contributed by atoms with Crippen LogP contribution in [0.15, 0.2) is 47.6 Å². The Balaban J connectivity index is 1.46. The van der Waals surface area contributed by atoms with Crippen molar-refractivity contribution in [1.29, 1.82) is 0 Å². The number of benzene rings is 1. The van der Waals surface area contributed by atoms with Gasteiger partial charge in [0.15, 0.2) is 0 Å². The maximum absolute atomic E-state index is 13.1. The number of methoxy groups -OCH3 is 1. The van der Waals surface area contributed by atoms with Crippen molar-refractivity contribution in [2.45, 2.75) is 29.8 Å². The van der Waals surface area contributed by atoms with E-state index in [9.17, 15) is 13.2 Å². The number of halogens is 1. The Morgan fingerprint density at radius 1 is 1.32 bits per heavy atom. The zero-order chi connectivity index (χ0) is 19.9. The van der Waals surface area contributed by atoms with E-state index < -0.39 is 10.0 Å². The van der Waals surface area contributed by atoms with E-state index in [-0.39, 0.29) is 33.8 Å². The molecule has 1 aliphatic heterocycles. The Kier molecular flexibility index (Phi) is 5.03. The van der Waals surface area contributed by atoms with Gasteiger partial charge in [-0.2, -0.15) is 4.31 Å². The van der Waals surface area contributed by atoms with E-state index in [0.29, 0.717) is 24.3 Å². The molecule has 0 spiro atoms. The second-order valence-electron chi connectivity index (χ2n) is 7.08. The van der Waals surface area contributed by atoms with Gasteiger partial charge in [0.1, 0.15) is 5.75 Å². The lowest BCUT2D eigenvalue weighted by Gasteiger charge is -2.31. The van der Waals surface area contributed by atoms with Crippen LogP contribution in [0.1, 0.15) is 23.2 Å². The van der Waals surface area contributed by atoms with Crippen LogP contribution in [-0.4, -0.2) is 49.4 Å². The molecule has 4 rings (SSSR count). The zero-order valence-corrected chi connectivity index (χ0v) is 16.8. The van der Waals surface area contributed by atoms with E-state index in [1.165, 1.54) is 29.7 Å². The van der Waals surface area contributed by atoms with Gasteiger partial charge in [0.2, 0.25) is 10.0 Å². The van der Waals surface area contributed by atoms with Crippen molar-refractivity contribution in [1.82, 2.24) is 14.6 Å². The molecule has 3 atom stereocenters. The van der Waals surface area contributed by atoms with E-state index in [1.807, 2.05) is 0 Å². The smallest absolute Gasteiger partial charge is 0.253 e. The number of rotatable bonds is 5. The van der Waals surface area contributed by atoms with E-state index in [4.69, 9.17) is 16.3 Å². The van der Waals surface area contributed by atoms with Gasteiger partial charge >= 0.3 is 0 Å². The summed E-state index contributed by atoms with van der Waals surface area (Å²) in [5.41, 5.74) is 0.502. The molecule has 2 aromatic rings. The van der Waals surface area contributed by atoms with Gasteiger partial charge in [0, 0.05) is 31.0 Å². The van der Waals surface area contributed by atoms with Crippen molar-refractivity contribution < 1.29 is 17.9 Å². The number of sulfonamides is 1. The summed E-state index contributed by atoms with van der Waals surface area (Å²) in [5, 5.41) is 3.28. The van der Waals surface area contributed by atoms with E-state index in [2.05, 4.69) is 10.3 Å². The summed E-state index contributed by atoms with van der Waals surface area (Å²) in [4.78, 5) is 16.5. The van der Waals surface area contributed by atoms with Crippen molar-refractivity contribution in [3.63, 3.8) is 0 Å². The molecule has 28 heavy (non-hydrogen) atoms. The molecular formula is C19H20ClN3O4S. The van der Waals surface area contributed by atoms with Gasteiger partial charge in [-0.3, -0.25) is 9.78 Å². The van der Waals surface area contributed by atoms with Crippen molar-refractivity contribution in [2.75, 3.05) is 13.7 Å². The molecule has 2 aliphatic rings. The first-order chi connectivity index (χ1) is 13.4. The number of carbonyl (C=O) groups is 1. The highest BCUT2D eigenvalue weighted by Gasteiger charge is 2.49. The molecule has 1 aromatic carbocycles. The Labute approximate surface area is 168 Å². The molecule has 9 heteroatoms. The van der Waals surface area contributed by atoms with E-state index in [1.54, 1.807) is 24.4 Å². The summed E-state index contributed by atoms with van der Waals surface area (Å²) in [6, 6.07) is 7.74. The van der Waals surface area contributed by atoms with Gasteiger partial charge in [0.25, 0.3) is 5.91 Å². The Morgan fingerprint density at radius 3 is 2.75 bits per heavy atom. The second kappa shape index (κ2) is 7.35. The summed E-state index contributed by atoms with van der Waals surface area (Å²) >= 11 is 6.10. The van der Waals surface area contributed by atoms with Gasteiger partial charge in [-0.05, 0) is 49.1 Å². The highest BCUT2D eigenvalue weighted by molar-refractivity contribution is 7.89. The summed E-state index contributed by atoms with van der Waals surface area (Å²) in [6.07, 6.45) is 4.47. The van der Waals surface area contributed by atoms with Crippen molar-refractivity contribution in [3.8, 4) is 5.75 Å². The van der Waals surface area contributed by atoms with Crippen LogP contribution in [0, 0.1) is 5.92 Å². The second-order valence-corrected chi connectivity index (χ2v) is 9.38. The lowest BCUT2D eigenvalue weighted by Crippen LogP contribution is -2.47. The summed E-state index contributed by atoms with van der Waals surface area (Å²) in [7, 11) is -2.17. The lowest BCUT2D eigenvalue weighted by atomic mass is 10.0. The quantitative estimate of drug-likeness (QED) is 0.800. The van der Waals surface area contributed by atoms with Gasteiger partial charge in [-0.25, -0.2) is 8.42 Å². The number of amides is 1. The molecule has 1 N–H and O–H groups in total.